The average Bonchev–Trinajstić information content (AvgIpc) is 2.44. The predicted octanol–water partition coefficient (Wildman–Crippen LogP) is 4.29. The van der Waals surface area contributed by atoms with Crippen LogP contribution >= 0.6 is 15.9 Å². The van der Waals surface area contributed by atoms with E-state index in [0.717, 1.165) is 4.90 Å². The number of pyridine rings is 1. The van der Waals surface area contributed by atoms with Crippen molar-refractivity contribution in [1.82, 2.24) is 4.98 Å². The Kier molecular flexibility index (Phi) is 5.70. The molecule has 8 nitrogen and oxygen atoms in total. The predicted molar refractivity (Wildman–Crippen MR) is 97.9 cm³/mol. The molecule has 0 atom stereocenters. The van der Waals surface area contributed by atoms with Crippen LogP contribution in [-0.4, -0.2) is 41.6 Å². The fourth-order valence-corrected chi connectivity index (χ4v) is 2.44. The lowest BCUT2D eigenvalue weighted by Crippen LogP contribution is -2.44. The van der Waals surface area contributed by atoms with E-state index in [1.54, 1.807) is 47.6 Å². The van der Waals surface area contributed by atoms with Crippen molar-refractivity contribution in [2.24, 2.45) is 0 Å². The molecule has 1 aliphatic heterocycles. The number of imide groups is 1. The third-order valence-corrected chi connectivity index (χ3v) is 3.42. The number of ether oxygens (including phenoxy) is 4. The Bertz CT molecular complexity index is 680. The topological polar surface area (TPSA) is 87.2 Å². The van der Waals surface area contributed by atoms with Crippen LogP contribution in [0.3, 0.4) is 0 Å². The van der Waals surface area contributed by atoms with Crippen LogP contribution in [0.15, 0.2) is 10.5 Å². The molecule has 0 bridgehead atoms. The van der Waals surface area contributed by atoms with Gasteiger partial charge in [0.05, 0.1) is 4.47 Å². The van der Waals surface area contributed by atoms with Crippen LogP contribution in [0.1, 0.15) is 41.5 Å². The van der Waals surface area contributed by atoms with Crippen LogP contribution in [0.25, 0.3) is 0 Å². The number of hydrogen-bond donors (Lipinski definition) is 0. The maximum atomic E-state index is 12.7. The van der Waals surface area contributed by atoms with Crippen LogP contribution < -0.4 is 14.4 Å². The zero-order valence-corrected chi connectivity index (χ0v) is 17.3. The standard InChI is InChI=1S/C17H23BrN2O6/c1-16(2,3)25-14(21)20(15(22)26-17(4,5)6)12-10(18)9-11-13(19-12)24-8-7-23-11/h9H,7-8H2,1-6H3. The van der Waals surface area contributed by atoms with Gasteiger partial charge in [0.1, 0.15) is 24.4 Å². The smallest absolute Gasteiger partial charge is 0.425 e. The lowest BCUT2D eigenvalue weighted by molar-refractivity contribution is 0.0428. The van der Waals surface area contributed by atoms with Crippen LogP contribution in [0.5, 0.6) is 11.6 Å². The van der Waals surface area contributed by atoms with Crippen molar-refractivity contribution in [3.8, 4) is 11.6 Å². The van der Waals surface area contributed by atoms with Gasteiger partial charge in [0, 0.05) is 6.07 Å². The highest BCUT2D eigenvalue weighted by molar-refractivity contribution is 9.10. The molecular formula is C17H23BrN2O6. The monoisotopic (exact) mass is 430 g/mol. The number of carbonyl (C=O) groups excluding carboxylic acids is 2. The second-order valence-electron chi connectivity index (χ2n) is 7.59. The number of fused-ring (bicyclic) bond motifs is 1. The van der Waals surface area contributed by atoms with Crippen molar-refractivity contribution in [1.29, 1.82) is 0 Å². The minimum atomic E-state index is -0.906. The van der Waals surface area contributed by atoms with E-state index in [9.17, 15) is 9.59 Å². The van der Waals surface area contributed by atoms with Gasteiger partial charge in [-0.05, 0) is 57.5 Å². The average molecular weight is 431 g/mol. The summed E-state index contributed by atoms with van der Waals surface area (Å²) in [6, 6.07) is 1.58. The first-order chi connectivity index (χ1) is 11.9. The fourth-order valence-electron chi connectivity index (χ4n) is 1.96. The van der Waals surface area contributed by atoms with Crippen LogP contribution in [0.4, 0.5) is 15.4 Å². The van der Waals surface area contributed by atoms with E-state index in [0.29, 0.717) is 23.4 Å². The second-order valence-corrected chi connectivity index (χ2v) is 8.44. The summed E-state index contributed by atoms with van der Waals surface area (Å²) in [5.41, 5.74) is -1.62. The Morgan fingerprint density at radius 3 is 2.04 bits per heavy atom. The lowest BCUT2D eigenvalue weighted by atomic mass is 10.2. The van der Waals surface area contributed by atoms with E-state index in [4.69, 9.17) is 18.9 Å². The highest BCUT2D eigenvalue weighted by atomic mass is 79.9. The highest BCUT2D eigenvalue weighted by Gasteiger charge is 2.36. The van der Waals surface area contributed by atoms with Crippen LogP contribution in [-0.2, 0) is 9.47 Å². The summed E-state index contributed by atoms with van der Waals surface area (Å²) in [6.45, 7) is 10.9. The third-order valence-electron chi connectivity index (χ3n) is 2.83. The molecule has 144 valence electrons. The van der Waals surface area contributed by atoms with Crippen LogP contribution in [0.2, 0.25) is 0 Å². The van der Waals surface area contributed by atoms with Gasteiger partial charge < -0.3 is 18.9 Å². The Balaban J connectivity index is 2.46. The van der Waals surface area contributed by atoms with E-state index in [-0.39, 0.29) is 11.7 Å². The molecular weight excluding hydrogens is 408 g/mol. The van der Waals surface area contributed by atoms with E-state index in [2.05, 4.69) is 20.9 Å². The summed E-state index contributed by atoms with van der Waals surface area (Å²) < 4.78 is 21.9. The molecule has 0 radical (unpaired) electrons. The maximum absolute atomic E-state index is 12.7. The molecule has 2 heterocycles. The normalized spacial score (nSPS) is 13.8. The van der Waals surface area contributed by atoms with Gasteiger partial charge in [-0.15, -0.1) is 0 Å². The minimum absolute atomic E-state index is 0.00208. The number of carbonyl (C=O) groups is 2. The molecule has 0 fully saturated rings. The molecule has 0 saturated heterocycles. The fraction of sp³-hybridized carbons (Fsp3) is 0.588. The summed E-state index contributed by atoms with van der Waals surface area (Å²) in [4.78, 5) is 30.3. The first-order valence-electron chi connectivity index (χ1n) is 8.09. The zero-order chi connectivity index (χ0) is 19.7. The Morgan fingerprint density at radius 2 is 1.54 bits per heavy atom. The Morgan fingerprint density at radius 1 is 1.04 bits per heavy atom. The molecule has 9 heteroatoms. The molecule has 1 aromatic heterocycles. The first kappa shape index (κ1) is 20.3. The minimum Gasteiger partial charge on any atom is -0.484 e. The quantitative estimate of drug-likeness (QED) is 0.656. The molecule has 2 amide bonds. The number of rotatable bonds is 1. The van der Waals surface area contributed by atoms with Crippen molar-refractivity contribution in [3.63, 3.8) is 0 Å². The molecule has 0 aromatic carbocycles. The van der Waals surface area contributed by atoms with Gasteiger partial charge in [-0.25, -0.2) is 9.59 Å². The first-order valence-corrected chi connectivity index (χ1v) is 8.89. The summed E-state index contributed by atoms with van der Waals surface area (Å²) in [6.07, 6.45) is -1.81. The van der Waals surface area contributed by atoms with Crippen molar-refractivity contribution in [2.75, 3.05) is 18.1 Å². The van der Waals surface area contributed by atoms with Gasteiger partial charge in [0.15, 0.2) is 11.6 Å². The van der Waals surface area contributed by atoms with Gasteiger partial charge in [0.2, 0.25) is 0 Å². The van der Waals surface area contributed by atoms with E-state index >= 15 is 0 Å². The number of nitrogens with zero attached hydrogens (tertiary/aromatic N) is 2. The van der Waals surface area contributed by atoms with Gasteiger partial charge >= 0.3 is 12.2 Å². The summed E-state index contributed by atoms with van der Waals surface area (Å²) >= 11 is 3.32. The summed E-state index contributed by atoms with van der Waals surface area (Å²) in [5.74, 6) is 0.601. The van der Waals surface area contributed by atoms with Gasteiger partial charge in [-0.1, -0.05) is 0 Å². The van der Waals surface area contributed by atoms with Crippen molar-refractivity contribution < 1.29 is 28.5 Å². The Labute approximate surface area is 160 Å². The van der Waals surface area contributed by atoms with Crippen molar-refractivity contribution in [2.45, 2.75) is 52.7 Å². The SMILES string of the molecule is CC(C)(C)OC(=O)N(C(=O)OC(C)(C)C)c1nc2c(cc1Br)OCCO2. The van der Waals surface area contributed by atoms with Crippen LogP contribution in [0, 0.1) is 0 Å². The van der Waals surface area contributed by atoms with Gasteiger partial charge in [-0.3, -0.25) is 0 Å². The number of anilines is 1. The van der Waals surface area contributed by atoms with Crippen molar-refractivity contribution >= 4 is 33.9 Å². The van der Waals surface area contributed by atoms with Gasteiger partial charge in [0.25, 0.3) is 5.88 Å². The number of aromatic nitrogens is 1. The maximum Gasteiger partial charge on any atom is 0.425 e. The largest absolute Gasteiger partial charge is 0.484 e. The van der Waals surface area contributed by atoms with Gasteiger partial charge in [-0.2, -0.15) is 9.88 Å². The highest BCUT2D eigenvalue weighted by Crippen LogP contribution is 2.37. The number of halogens is 1. The Hall–Kier alpha value is -2.03. The second kappa shape index (κ2) is 7.30. The lowest BCUT2D eigenvalue weighted by Gasteiger charge is -2.29. The summed E-state index contributed by atoms with van der Waals surface area (Å²) in [7, 11) is 0. The zero-order valence-electron chi connectivity index (χ0n) is 15.7. The van der Waals surface area contributed by atoms with Crippen molar-refractivity contribution in [3.05, 3.63) is 10.5 Å². The van der Waals surface area contributed by atoms with E-state index in [1.807, 2.05) is 0 Å². The summed E-state index contributed by atoms with van der Waals surface area (Å²) in [5, 5.41) is 0. The molecule has 0 N–H and O–H groups in total. The molecule has 1 aromatic rings. The molecule has 0 spiro atoms. The van der Waals surface area contributed by atoms with E-state index < -0.39 is 23.4 Å². The third kappa shape index (κ3) is 5.23. The molecule has 0 unspecified atom stereocenters. The molecule has 0 saturated carbocycles. The van der Waals surface area contributed by atoms with E-state index in [1.165, 1.54) is 0 Å². The number of amides is 2. The molecule has 26 heavy (non-hydrogen) atoms. The number of hydrogen-bond acceptors (Lipinski definition) is 7. The molecule has 1 aliphatic rings. The molecule has 0 aliphatic carbocycles. The molecule has 2 rings (SSSR count).